The van der Waals surface area contributed by atoms with Gasteiger partial charge in [0, 0.05) is 18.0 Å². The van der Waals surface area contributed by atoms with Crippen molar-refractivity contribution in [1.29, 1.82) is 0 Å². The van der Waals surface area contributed by atoms with Crippen LogP contribution in [0, 0.1) is 6.92 Å². The summed E-state index contributed by atoms with van der Waals surface area (Å²) >= 11 is 1.63. The number of thiophene rings is 1. The third-order valence-electron chi connectivity index (χ3n) is 4.35. The molecule has 1 aromatic carbocycles. The number of nitrogens with zero attached hydrogens (tertiary/aromatic N) is 2. The van der Waals surface area contributed by atoms with Gasteiger partial charge in [0.15, 0.2) is 0 Å². The third-order valence-corrected chi connectivity index (χ3v) is 5.32. The molecule has 0 bridgehead atoms. The van der Waals surface area contributed by atoms with Crippen LogP contribution in [0.25, 0.3) is 22.7 Å². The summed E-state index contributed by atoms with van der Waals surface area (Å²) < 4.78 is 5.37. The molecule has 0 spiro atoms. The summed E-state index contributed by atoms with van der Waals surface area (Å²) in [6.45, 7) is 4.44. The van der Waals surface area contributed by atoms with Crippen molar-refractivity contribution in [3.05, 3.63) is 52.0 Å². The molecule has 2 aromatic heterocycles. The predicted molar refractivity (Wildman–Crippen MR) is 100 cm³/mol. The standard InChI is InChI=1S/C19H19N3O2S/c1-13-6-11-25-17(13)12-14(19(23)22-7-9-24-10-8-22)18-20-15-4-2-3-5-16(15)21-18/h2-6,11-12H,7-10H2,1H3,(H,20,21)/b14-12+. The number of H-pyrrole nitrogens is 1. The van der Waals surface area contributed by atoms with Gasteiger partial charge in [-0.2, -0.15) is 0 Å². The number of fused-ring (bicyclic) bond motifs is 1. The monoisotopic (exact) mass is 353 g/mol. The smallest absolute Gasteiger partial charge is 0.257 e. The first kappa shape index (κ1) is 16.1. The van der Waals surface area contributed by atoms with E-state index in [9.17, 15) is 4.79 Å². The van der Waals surface area contributed by atoms with E-state index in [-0.39, 0.29) is 5.91 Å². The lowest BCUT2D eigenvalue weighted by Crippen LogP contribution is -2.41. The second kappa shape index (κ2) is 6.82. The highest BCUT2D eigenvalue weighted by Gasteiger charge is 2.24. The molecular weight excluding hydrogens is 334 g/mol. The van der Waals surface area contributed by atoms with E-state index in [0.29, 0.717) is 37.7 Å². The number of aromatic nitrogens is 2. The number of hydrogen-bond donors (Lipinski definition) is 1. The second-order valence-electron chi connectivity index (χ2n) is 6.03. The predicted octanol–water partition coefficient (Wildman–Crippen LogP) is 3.33. The van der Waals surface area contributed by atoms with Gasteiger partial charge in [0.2, 0.25) is 0 Å². The molecule has 1 aliphatic heterocycles. The zero-order valence-electron chi connectivity index (χ0n) is 14.0. The van der Waals surface area contributed by atoms with Gasteiger partial charge in [-0.1, -0.05) is 12.1 Å². The van der Waals surface area contributed by atoms with Gasteiger partial charge in [-0.05, 0) is 42.1 Å². The minimum absolute atomic E-state index is 0.00449. The van der Waals surface area contributed by atoms with Gasteiger partial charge in [0.25, 0.3) is 5.91 Å². The van der Waals surface area contributed by atoms with Gasteiger partial charge in [-0.25, -0.2) is 4.98 Å². The lowest BCUT2D eigenvalue weighted by molar-refractivity contribution is -0.128. The molecule has 4 rings (SSSR count). The highest BCUT2D eigenvalue weighted by atomic mass is 32.1. The van der Waals surface area contributed by atoms with Gasteiger partial charge in [0.1, 0.15) is 5.82 Å². The molecule has 0 atom stereocenters. The first-order chi connectivity index (χ1) is 12.2. The summed E-state index contributed by atoms with van der Waals surface area (Å²) in [6, 6.07) is 9.89. The molecule has 3 aromatic rings. The SMILES string of the molecule is Cc1ccsc1/C=C(/C(=O)N1CCOCC1)c1nc2ccccc2[nH]1. The molecule has 0 radical (unpaired) electrons. The third kappa shape index (κ3) is 3.23. The van der Waals surface area contributed by atoms with Crippen molar-refractivity contribution < 1.29 is 9.53 Å². The summed E-state index contributed by atoms with van der Waals surface area (Å²) in [7, 11) is 0. The second-order valence-corrected chi connectivity index (χ2v) is 6.98. The Labute approximate surface area is 149 Å². The summed E-state index contributed by atoms with van der Waals surface area (Å²) in [5, 5.41) is 2.04. The number of aryl methyl sites for hydroxylation is 1. The molecule has 1 saturated heterocycles. The van der Waals surface area contributed by atoms with E-state index in [4.69, 9.17) is 4.74 Å². The summed E-state index contributed by atoms with van der Waals surface area (Å²) in [5.74, 6) is 0.612. The fraction of sp³-hybridized carbons (Fsp3) is 0.263. The van der Waals surface area contributed by atoms with Gasteiger partial charge in [0.05, 0.1) is 29.8 Å². The molecule has 3 heterocycles. The molecule has 25 heavy (non-hydrogen) atoms. The Bertz CT molecular complexity index is 902. The molecule has 0 unspecified atom stereocenters. The van der Waals surface area contributed by atoms with Crippen LogP contribution in [-0.4, -0.2) is 47.1 Å². The fourth-order valence-electron chi connectivity index (χ4n) is 2.91. The van der Waals surface area contributed by atoms with Crippen LogP contribution >= 0.6 is 11.3 Å². The number of para-hydroxylation sites is 2. The largest absolute Gasteiger partial charge is 0.378 e. The number of benzene rings is 1. The van der Waals surface area contributed by atoms with Crippen LogP contribution in [0.2, 0.25) is 0 Å². The number of imidazole rings is 1. The Morgan fingerprint density at radius 2 is 2.08 bits per heavy atom. The molecule has 6 heteroatoms. The van der Waals surface area contributed by atoms with Gasteiger partial charge in [-0.15, -0.1) is 11.3 Å². The maximum Gasteiger partial charge on any atom is 0.257 e. The van der Waals surface area contributed by atoms with Crippen molar-refractivity contribution in [2.75, 3.05) is 26.3 Å². The molecule has 1 fully saturated rings. The van der Waals surface area contributed by atoms with E-state index in [1.54, 1.807) is 11.3 Å². The lowest BCUT2D eigenvalue weighted by Gasteiger charge is -2.27. The minimum atomic E-state index is -0.00449. The minimum Gasteiger partial charge on any atom is -0.378 e. The highest BCUT2D eigenvalue weighted by molar-refractivity contribution is 7.11. The summed E-state index contributed by atoms with van der Waals surface area (Å²) in [6.07, 6.45) is 1.95. The lowest BCUT2D eigenvalue weighted by atomic mass is 10.1. The number of nitrogens with one attached hydrogen (secondary N) is 1. The number of morpholine rings is 1. The van der Waals surface area contributed by atoms with Crippen LogP contribution < -0.4 is 0 Å². The van der Waals surface area contributed by atoms with E-state index in [0.717, 1.165) is 21.5 Å². The molecule has 1 amide bonds. The average molecular weight is 353 g/mol. The van der Waals surface area contributed by atoms with Crippen molar-refractivity contribution >= 4 is 39.9 Å². The van der Waals surface area contributed by atoms with E-state index >= 15 is 0 Å². The van der Waals surface area contributed by atoms with Crippen LogP contribution in [0.5, 0.6) is 0 Å². The molecule has 128 valence electrons. The van der Waals surface area contributed by atoms with Crippen molar-refractivity contribution in [2.45, 2.75) is 6.92 Å². The number of hydrogen-bond acceptors (Lipinski definition) is 4. The molecule has 0 saturated carbocycles. The summed E-state index contributed by atoms with van der Waals surface area (Å²) in [4.78, 5) is 24.0. The topological polar surface area (TPSA) is 58.2 Å². The quantitative estimate of drug-likeness (QED) is 0.735. The first-order valence-corrected chi connectivity index (χ1v) is 9.18. The number of carbonyl (C=O) groups excluding carboxylic acids is 1. The molecule has 0 aliphatic carbocycles. The fourth-order valence-corrected chi connectivity index (χ4v) is 3.77. The van der Waals surface area contributed by atoms with Crippen LogP contribution in [0.1, 0.15) is 16.3 Å². The van der Waals surface area contributed by atoms with Crippen LogP contribution in [-0.2, 0) is 9.53 Å². The van der Waals surface area contributed by atoms with Gasteiger partial charge >= 0.3 is 0 Å². The highest BCUT2D eigenvalue weighted by Crippen LogP contribution is 2.26. The zero-order chi connectivity index (χ0) is 17.2. The molecule has 1 aliphatic rings. The van der Waals surface area contributed by atoms with Crippen molar-refractivity contribution in [3.63, 3.8) is 0 Å². The number of aromatic amines is 1. The molecule has 5 nitrogen and oxygen atoms in total. The first-order valence-electron chi connectivity index (χ1n) is 8.30. The number of amides is 1. The van der Waals surface area contributed by atoms with Crippen molar-refractivity contribution in [1.82, 2.24) is 14.9 Å². The van der Waals surface area contributed by atoms with E-state index < -0.39 is 0 Å². The zero-order valence-corrected chi connectivity index (χ0v) is 14.8. The van der Waals surface area contributed by atoms with Crippen LogP contribution in [0.4, 0.5) is 0 Å². The molecule has 1 N–H and O–H groups in total. The summed E-state index contributed by atoms with van der Waals surface area (Å²) in [5.41, 5.74) is 3.55. The normalized spacial score (nSPS) is 15.7. The maximum absolute atomic E-state index is 13.2. The number of rotatable bonds is 3. The maximum atomic E-state index is 13.2. The van der Waals surface area contributed by atoms with Gasteiger partial charge in [-0.3, -0.25) is 4.79 Å². The van der Waals surface area contributed by atoms with Crippen molar-refractivity contribution in [3.8, 4) is 0 Å². The number of ether oxygens (including phenoxy) is 1. The number of carbonyl (C=O) groups is 1. The van der Waals surface area contributed by atoms with Crippen molar-refractivity contribution in [2.24, 2.45) is 0 Å². The Kier molecular flexibility index (Phi) is 4.38. The molecular formula is C19H19N3O2S. The Balaban J connectivity index is 1.78. The Morgan fingerprint density at radius 3 is 2.80 bits per heavy atom. The van der Waals surface area contributed by atoms with Crippen LogP contribution in [0.15, 0.2) is 35.7 Å². The Hall–Kier alpha value is -2.44. The van der Waals surface area contributed by atoms with E-state index in [1.165, 1.54) is 0 Å². The average Bonchev–Trinajstić information content (AvgIpc) is 3.25. The van der Waals surface area contributed by atoms with E-state index in [1.807, 2.05) is 40.6 Å². The van der Waals surface area contributed by atoms with E-state index in [2.05, 4.69) is 23.0 Å². The Morgan fingerprint density at radius 1 is 1.28 bits per heavy atom. The van der Waals surface area contributed by atoms with Gasteiger partial charge < -0.3 is 14.6 Å². The van der Waals surface area contributed by atoms with Crippen LogP contribution in [0.3, 0.4) is 0 Å².